The van der Waals surface area contributed by atoms with E-state index in [4.69, 9.17) is 6.42 Å². The van der Waals surface area contributed by atoms with E-state index in [9.17, 15) is 18.7 Å². The number of halogens is 2. The van der Waals surface area contributed by atoms with Crippen molar-refractivity contribution < 1.29 is 18.7 Å². The van der Waals surface area contributed by atoms with E-state index in [0.29, 0.717) is 17.3 Å². The fraction of sp³-hybridized carbons (Fsp3) is 0.211. The van der Waals surface area contributed by atoms with Crippen molar-refractivity contribution in [1.29, 1.82) is 0 Å². The normalized spacial score (nSPS) is 11.8. The fourth-order valence-electron chi connectivity index (χ4n) is 2.36. The van der Waals surface area contributed by atoms with Crippen LogP contribution in [-0.4, -0.2) is 36.1 Å². The third-order valence-electron chi connectivity index (χ3n) is 3.53. The molecule has 25 heavy (non-hydrogen) atoms. The van der Waals surface area contributed by atoms with E-state index in [0.717, 1.165) is 6.07 Å². The number of carbonyl (C=O) groups is 1. The summed E-state index contributed by atoms with van der Waals surface area (Å²) >= 11 is 0. The van der Waals surface area contributed by atoms with Crippen LogP contribution >= 0.6 is 0 Å². The first kappa shape index (κ1) is 18.6. The molecule has 2 aromatic rings. The lowest BCUT2D eigenvalue weighted by Crippen LogP contribution is -2.33. The Morgan fingerprint density at radius 1 is 1.32 bits per heavy atom. The molecule has 0 saturated carbocycles. The summed E-state index contributed by atoms with van der Waals surface area (Å²) in [4.78, 5) is 13.6. The number of carbonyl (C=O) groups excluding carboxylic acids is 1. The Kier molecular flexibility index (Phi) is 6.23. The molecule has 2 N–H and O–H groups in total. The highest BCUT2D eigenvalue weighted by Crippen LogP contribution is 2.19. The van der Waals surface area contributed by atoms with Crippen molar-refractivity contribution in [1.82, 2.24) is 4.90 Å². The van der Waals surface area contributed by atoms with E-state index >= 15 is 0 Å². The fourth-order valence-corrected chi connectivity index (χ4v) is 2.36. The first-order valence-corrected chi connectivity index (χ1v) is 7.57. The number of nitrogens with one attached hydrogen (secondary N) is 1. The Balaban J connectivity index is 1.91. The second-order valence-electron chi connectivity index (χ2n) is 5.65. The van der Waals surface area contributed by atoms with Gasteiger partial charge in [-0.05, 0) is 31.3 Å². The van der Waals surface area contributed by atoms with Gasteiger partial charge in [0.1, 0.15) is 11.6 Å². The zero-order valence-corrected chi connectivity index (χ0v) is 13.7. The van der Waals surface area contributed by atoms with Gasteiger partial charge in [0.05, 0.1) is 12.6 Å². The van der Waals surface area contributed by atoms with Crippen LogP contribution in [-0.2, 0) is 4.79 Å². The molecule has 1 atom stereocenters. The maximum atomic E-state index is 13.7. The standard InChI is InChI=1S/C19H18F2N2O2/c1-3-13-5-4-6-15(9-13)22-19(25)12-23(2)11-18(24)16-8-7-14(20)10-17(16)21/h1,4-10,18,24H,11-12H2,2H3,(H,22,25). The molecule has 0 aliphatic heterocycles. The number of aliphatic hydroxyl groups is 1. The summed E-state index contributed by atoms with van der Waals surface area (Å²) < 4.78 is 26.6. The monoisotopic (exact) mass is 344 g/mol. The molecule has 0 radical (unpaired) electrons. The molecule has 2 aromatic carbocycles. The van der Waals surface area contributed by atoms with Crippen LogP contribution in [0.2, 0.25) is 0 Å². The number of hydrogen-bond acceptors (Lipinski definition) is 3. The summed E-state index contributed by atoms with van der Waals surface area (Å²) in [6.45, 7) is 0.000518. The van der Waals surface area contributed by atoms with Crippen LogP contribution in [0.1, 0.15) is 17.2 Å². The summed E-state index contributed by atoms with van der Waals surface area (Å²) in [6.07, 6.45) is 4.13. The van der Waals surface area contributed by atoms with Crippen molar-refractivity contribution in [2.75, 3.05) is 25.5 Å². The Morgan fingerprint density at radius 2 is 2.08 bits per heavy atom. The number of nitrogens with zero attached hydrogens (tertiary/aromatic N) is 1. The number of anilines is 1. The topological polar surface area (TPSA) is 52.6 Å². The summed E-state index contributed by atoms with van der Waals surface area (Å²) in [6, 6.07) is 9.83. The molecule has 0 saturated heterocycles. The molecular formula is C19H18F2N2O2. The highest BCUT2D eigenvalue weighted by atomic mass is 19.1. The number of aliphatic hydroxyl groups excluding tert-OH is 1. The quantitative estimate of drug-likeness (QED) is 0.792. The Labute approximate surface area is 145 Å². The van der Waals surface area contributed by atoms with Gasteiger partial charge in [-0.1, -0.05) is 18.1 Å². The zero-order chi connectivity index (χ0) is 18.4. The molecule has 0 fully saturated rings. The third kappa shape index (κ3) is 5.38. The molecule has 0 aliphatic rings. The predicted molar refractivity (Wildman–Crippen MR) is 91.8 cm³/mol. The highest BCUT2D eigenvalue weighted by molar-refractivity contribution is 5.92. The van der Waals surface area contributed by atoms with E-state index in [2.05, 4.69) is 11.2 Å². The molecule has 0 heterocycles. The molecule has 0 spiro atoms. The lowest BCUT2D eigenvalue weighted by molar-refractivity contribution is -0.117. The molecule has 6 heteroatoms. The smallest absolute Gasteiger partial charge is 0.238 e. The van der Waals surface area contributed by atoms with Gasteiger partial charge in [-0.15, -0.1) is 6.42 Å². The number of amides is 1. The molecule has 130 valence electrons. The lowest BCUT2D eigenvalue weighted by Gasteiger charge is -2.20. The van der Waals surface area contributed by atoms with Gasteiger partial charge in [0, 0.05) is 29.4 Å². The van der Waals surface area contributed by atoms with Crippen molar-refractivity contribution in [3.8, 4) is 12.3 Å². The van der Waals surface area contributed by atoms with E-state index < -0.39 is 17.7 Å². The minimum absolute atomic E-state index is 0.0137. The average molecular weight is 344 g/mol. The van der Waals surface area contributed by atoms with Gasteiger partial charge in [0.15, 0.2) is 0 Å². The van der Waals surface area contributed by atoms with E-state index in [1.54, 1.807) is 31.3 Å². The zero-order valence-electron chi connectivity index (χ0n) is 13.7. The first-order chi connectivity index (χ1) is 11.9. The Hall–Kier alpha value is -2.75. The van der Waals surface area contributed by atoms with Gasteiger partial charge in [-0.2, -0.15) is 0 Å². The van der Waals surface area contributed by atoms with Crippen molar-refractivity contribution in [3.05, 3.63) is 65.2 Å². The van der Waals surface area contributed by atoms with Crippen LogP contribution in [0, 0.1) is 24.0 Å². The molecule has 1 amide bonds. The number of hydrogen-bond donors (Lipinski definition) is 2. The summed E-state index contributed by atoms with van der Waals surface area (Å²) in [5, 5.41) is 12.8. The maximum absolute atomic E-state index is 13.7. The van der Waals surface area contributed by atoms with Gasteiger partial charge in [-0.25, -0.2) is 8.78 Å². The van der Waals surface area contributed by atoms with E-state index in [-0.39, 0.29) is 24.6 Å². The van der Waals surface area contributed by atoms with Crippen molar-refractivity contribution in [2.24, 2.45) is 0 Å². The number of rotatable bonds is 6. The Bertz CT molecular complexity index is 802. The minimum Gasteiger partial charge on any atom is -0.387 e. The SMILES string of the molecule is C#Cc1cccc(NC(=O)CN(C)CC(O)c2ccc(F)cc2F)c1. The van der Waals surface area contributed by atoms with Crippen LogP contribution in [0.3, 0.4) is 0 Å². The molecular weight excluding hydrogens is 326 g/mol. The highest BCUT2D eigenvalue weighted by Gasteiger charge is 2.17. The summed E-state index contributed by atoms with van der Waals surface area (Å²) in [5.41, 5.74) is 1.20. The van der Waals surface area contributed by atoms with Crippen molar-refractivity contribution in [3.63, 3.8) is 0 Å². The minimum atomic E-state index is -1.18. The van der Waals surface area contributed by atoms with Crippen molar-refractivity contribution in [2.45, 2.75) is 6.10 Å². The summed E-state index contributed by atoms with van der Waals surface area (Å²) in [7, 11) is 1.61. The van der Waals surface area contributed by atoms with Crippen LogP contribution in [0.5, 0.6) is 0 Å². The molecule has 0 bridgehead atoms. The maximum Gasteiger partial charge on any atom is 0.238 e. The average Bonchev–Trinajstić information content (AvgIpc) is 2.54. The molecule has 0 aromatic heterocycles. The second kappa shape index (κ2) is 8.38. The third-order valence-corrected chi connectivity index (χ3v) is 3.53. The van der Waals surface area contributed by atoms with Gasteiger partial charge in [-0.3, -0.25) is 9.69 Å². The van der Waals surface area contributed by atoms with Gasteiger partial charge in [0.25, 0.3) is 0 Å². The van der Waals surface area contributed by atoms with Gasteiger partial charge >= 0.3 is 0 Å². The van der Waals surface area contributed by atoms with Gasteiger partial charge in [0.2, 0.25) is 5.91 Å². The molecule has 4 nitrogen and oxygen atoms in total. The molecule has 2 rings (SSSR count). The Morgan fingerprint density at radius 3 is 2.76 bits per heavy atom. The molecule has 1 unspecified atom stereocenters. The predicted octanol–water partition coefficient (Wildman–Crippen LogP) is 2.55. The number of terminal acetylenes is 1. The van der Waals surface area contributed by atoms with E-state index in [1.807, 2.05) is 0 Å². The van der Waals surface area contributed by atoms with Crippen LogP contribution in [0.4, 0.5) is 14.5 Å². The second-order valence-corrected chi connectivity index (χ2v) is 5.65. The number of likely N-dealkylation sites (N-methyl/N-ethyl adjacent to an activating group) is 1. The van der Waals surface area contributed by atoms with E-state index in [1.165, 1.54) is 11.0 Å². The number of benzene rings is 2. The summed E-state index contributed by atoms with van der Waals surface area (Å²) in [5.74, 6) is 0.640. The lowest BCUT2D eigenvalue weighted by atomic mass is 10.1. The van der Waals surface area contributed by atoms with Crippen LogP contribution in [0.15, 0.2) is 42.5 Å². The largest absolute Gasteiger partial charge is 0.387 e. The first-order valence-electron chi connectivity index (χ1n) is 7.57. The van der Waals surface area contributed by atoms with Crippen molar-refractivity contribution >= 4 is 11.6 Å². The van der Waals surface area contributed by atoms with Crippen LogP contribution < -0.4 is 5.32 Å². The molecule has 0 aliphatic carbocycles. The van der Waals surface area contributed by atoms with Gasteiger partial charge < -0.3 is 10.4 Å². The van der Waals surface area contributed by atoms with Crippen LogP contribution in [0.25, 0.3) is 0 Å².